The Morgan fingerprint density at radius 3 is 2.44 bits per heavy atom. The standard InChI is InChI=1S/C19H19FN4O/c1-3-25-17-11-7-6-10-16(17)23-19-21-13(2)12-18(24-19)22-15-9-5-4-8-14(15)20/h4-12H,3H2,1-2H3,(H2,21,22,23,24). The highest BCUT2D eigenvalue weighted by molar-refractivity contribution is 5.64. The second-order valence-electron chi connectivity index (χ2n) is 5.38. The number of nitrogens with zero attached hydrogens (tertiary/aromatic N) is 2. The molecular formula is C19H19FN4O. The van der Waals surface area contributed by atoms with Crippen molar-refractivity contribution in [1.82, 2.24) is 9.97 Å². The van der Waals surface area contributed by atoms with Gasteiger partial charge in [-0.05, 0) is 38.1 Å². The zero-order chi connectivity index (χ0) is 17.6. The third-order valence-electron chi connectivity index (χ3n) is 3.42. The Bertz CT molecular complexity index is 870. The normalized spacial score (nSPS) is 10.4. The number of anilines is 4. The van der Waals surface area contributed by atoms with Crippen LogP contribution >= 0.6 is 0 Å². The molecule has 0 saturated carbocycles. The number of ether oxygens (including phenoxy) is 1. The average molecular weight is 338 g/mol. The fraction of sp³-hybridized carbons (Fsp3) is 0.158. The fourth-order valence-electron chi connectivity index (χ4n) is 2.36. The van der Waals surface area contributed by atoms with Gasteiger partial charge in [0.05, 0.1) is 18.0 Å². The molecule has 0 aliphatic rings. The van der Waals surface area contributed by atoms with Crippen LogP contribution in [-0.2, 0) is 0 Å². The number of hydrogen-bond acceptors (Lipinski definition) is 5. The van der Waals surface area contributed by atoms with Crippen LogP contribution in [0.2, 0.25) is 0 Å². The molecule has 0 bridgehead atoms. The summed E-state index contributed by atoms with van der Waals surface area (Å²) < 4.78 is 19.4. The molecule has 0 fully saturated rings. The van der Waals surface area contributed by atoms with Crippen molar-refractivity contribution in [1.29, 1.82) is 0 Å². The highest BCUT2D eigenvalue weighted by atomic mass is 19.1. The summed E-state index contributed by atoms with van der Waals surface area (Å²) in [6, 6.07) is 15.8. The number of halogens is 1. The van der Waals surface area contributed by atoms with E-state index in [4.69, 9.17) is 4.74 Å². The lowest BCUT2D eigenvalue weighted by atomic mass is 10.3. The highest BCUT2D eigenvalue weighted by Gasteiger charge is 2.08. The van der Waals surface area contributed by atoms with Crippen molar-refractivity contribution in [3.8, 4) is 5.75 Å². The molecule has 25 heavy (non-hydrogen) atoms. The van der Waals surface area contributed by atoms with Crippen LogP contribution in [0.3, 0.4) is 0 Å². The Morgan fingerprint density at radius 2 is 1.68 bits per heavy atom. The minimum atomic E-state index is -0.338. The molecule has 0 unspecified atom stereocenters. The molecule has 1 heterocycles. The lowest BCUT2D eigenvalue weighted by Gasteiger charge is -2.13. The van der Waals surface area contributed by atoms with Crippen LogP contribution in [0.4, 0.5) is 27.5 Å². The van der Waals surface area contributed by atoms with Gasteiger partial charge in [0.15, 0.2) is 0 Å². The number of aryl methyl sites for hydroxylation is 1. The molecule has 0 aliphatic heterocycles. The minimum absolute atomic E-state index is 0.338. The Labute approximate surface area is 145 Å². The lowest BCUT2D eigenvalue weighted by Crippen LogP contribution is -2.04. The van der Waals surface area contributed by atoms with E-state index in [-0.39, 0.29) is 5.82 Å². The molecular weight excluding hydrogens is 319 g/mol. The van der Waals surface area contributed by atoms with Crippen LogP contribution in [0.25, 0.3) is 0 Å². The molecule has 5 nitrogen and oxygen atoms in total. The second-order valence-corrected chi connectivity index (χ2v) is 5.38. The first-order chi connectivity index (χ1) is 12.2. The van der Waals surface area contributed by atoms with E-state index in [2.05, 4.69) is 20.6 Å². The summed E-state index contributed by atoms with van der Waals surface area (Å²) >= 11 is 0. The van der Waals surface area contributed by atoms with Crippen molar-refractivity contribution in [2.75, 3.05) is 17.2 Å². The fourth-order valence-corrected chi connectivity index (χ4v) is 2.36. The van der Waals surface area contributed by atoms with Gasteiger partial charge in [0.25, 0.3) is 0 Å². The summed E-state index contributed by atoms with van der Waals surface area (Å²) in [5.74, 6) is 1.30. The number of hydrogen-bond donors (Lipinski definition) is 2. The number of para-hydroxylation sites is 3. The van der Waals surface area contributed by atoms with Gasteiger partial charge in [-0.2, -0.15) is 4.98 Å². The van der Waals surface area contributed by atoms with E-state index in [1.54, 1.807) is 24.3 Å². The van der Waals surface area contributed by atoms with E-state index in [9.17, 15) is 4.39 Å². The van der Waals surface area contributed by atoms with E-state index >= 15 is 0 Å². The maximum absolute atomic E-state index is 13.8. The van der Waals surface area contributed by atoms with Gasteiger partial charge in [-0.3, -0.25) is 0 Å². The van der Waals surface area contributed by atoms with Crippen LogP contribution in [0, 0.1) is 12.7 Å². The Kier molecular flexibility index (Phi) is 5.09. The van der Waals surface area contributed by atoms with Crippen LogP contribution < -0.4 is 15.4 Å². The molecule has 2 aromatic carbocycles. The topological polar surface area (TPSA) is 59.1 Å². The summed E-state index contributed by atoms with van der Waals surface area (Å²) in [6.07, 6.45) is 0. The van der Waals surface area contributed by atoms with Gasteiger partial charge in [0, 0.05) is 11.8 Å². The van der Waals surface area contributed by atoms with E-state index in [0.717, 1.165) is 17.1 Å². The van der Waals surface area contributed by atoms with Crippen LogP contribution in [0.1, 0.15) is 12.6 Å². The van der Waals surface area contributed by atoms with Crippen molar-refractivity contribution >= 4 is 23.1 Å². The first-order valence-electron chi connectivity index (χ1n) is 8.02. The lowest BCUT2D eigenvalue weighted by molar-refractivity contribution is 0.342. The Morgan fingerprint density at radius 1 is 0.960 bits per heavy atom. The van der Waals surface area contributed by atoms with Crippen LogP contribution in [-0.4, -0.2) is 16.6 Å². The maximum Gasteiger partial charge on any atom is 0.229 e. The van der Waals surface area contributed by atoms with Gasteiger partial charge in [0.2, 0.25) is 5.95 Å². The number of nitrogens with one attached hydrogen (secondary N) is 2. The van der Waals surface area contributed by atoms with E-state index in [1.807, 2.05) is 38.1 Å². The van der Waals surface area contributed by atoms with Gasteiger partial charge in [-0.25, -0.2) is 9.37 Å². The molecule has 128 valence electrons. The molecule has 3 rings (SSSR count). The van der Waals surface area contributed by atoms with Gasteiger partial charge < -0.3 is 15.4 Å². The molecule has 0 spiro atoms. The molecule has 0 amide bonds. The monoisotopic (exact) mass is 338 g/mol. The molecule has 0 atom stereocenters. The van der Waals surface area contributed by atoms with Crippen molar-refractivity contribution in [2.45, 2.75) is 13.8 Å². The summed E-state index contributed by atoms with van der Waals surface area (Å²) in [4.78, 5) is 8.79. The largest absolute Gasteiger partial charge is 0.492 e. The molecule has 0 aliphatic carbocycles. The van der Waals surface area contributed by atoms with Gasteiger partial charge in [-0.15, -0.1) is 0 Å². The number of rotatable bonds is 6. The van der Waals surface area contributed by atoms with Crippen molar-refractivity contribution in [2.24, 2.45) is 0 Å². The molecule has 0 saturated heterocycles. The minimum Gasteiger partial charge on any atom is -0.492 e. The van der Waals surface area contributed by atoms with Crippen LogP contribution in [0.15, 0.2) is 54.6 Å². The van der Waals surface area contributed by atoms with Crippen molar-refractivity contribution < 1.29 is 9.13 Å². The predicted octanol–water partition coefficient (Wildman–Crippen LogP) is 4.81. The van der Waals surface area contributed by atoms with E-state index in [0.29, 0.717) is 24.1 Å². The molecule has 3 aromatic rings. The number of aromatic nitrogens is 2. The number of benzene rings is 2. The zero-order valence-electron chi connectivity index (χ0n) is 14.1. The predicted molar refractivity (Wildman–Crippen MR) is 97.3 cm³/mol. The average Bonchev–Trinajstić information content (AvgIpc) is 2.58. The summed E-state index contributed by atoms with van der Waals surface area (Å²) in [5.41, 5.74) is 1.89. The quantitative estimate of drug-likeness (QED) is 0.675. The first kappa shape index (κ1) is 16.7. The van der Waals surface area contributed by atoms with Gasteiger partial charge in [0.1, 0.15) is 17.4 Å². The van der Waals surface area contributed by atoms with Crippen LogP contribution in [0.5, 0.6) is 5.75 Å². The van der Waals surface area contributed by atoms with Crippen molar-refractivity contribution in [3.05, 3.63) is 66.1 Å². The van der Waals surface area contributed by atoms with Crippen molar-refractivity contribution in [3.63, 3.8) is 0 Å². The Balaban J connectivity index is 1.86. The molecule has 0 radical (unpaired) electrons. The van der Waals surface area contributed by atoms with Gasteiger partial charge >= 0.3 is 0 Å². The molecule has 2 N–H and O–H groups in total. The third kappa shape index (κ3) is 4.23. The SMILES string of the molecule is CCOc1ccccc1Nc1nc(C)cc(Nc2ccccc2F)n1. The Hall–Kier alpha value is -3.15. The maximum atomic E-state index is 13.8. The first-order valence-corrected chi connectivity index (χ1v) is 8.02. The second kappa shape index (κ2) is 7.61. The summed E-state index contributed by atoms with van der Waals surface area (Å²) in [6.45, 7) is 4.34. The van der Waals surface area contributed by atoms with E-state index in [1.165, 1.54) is 6.07 Å². The highest BCUT2D eigenvalue weighted by Crippen LogP contribution is 2.27. The smallest absolute Gasteiger partial charge is 0.229 e. The summed E-state index contributed by atoms with van der Waals surface area (Å²) in [5, 5.41) is 6.14. The molecule has 1 aromatic heterocycles. The summed E-state index contributed by atoms with van der Waals surface area (Å²) in [7, 11) is 0. The van der Waals surface area contributed by atoms with Gasteiger partial charge in [-0.1, -0.05) is 24.3 Å². The molecule has 6 heteroatoms. The van der Waals surface area contributed by atoms with E-state index < -0.39 is 0 Å². The zero-order valence-corrected chi connectivity index (χ0v) is 14.1. The third-order valence-corrected chi connectivity index (χ3v) is 3.42.